The molecule has 2 amide bonds. The summed E-state index contributed by atoms with van der Waals surface area (Å²) in [4.78, 5) is 31.3. The standard InChI is InChI=1S/C23H29N3O2/c1-17(2)21(27)26-14-10-23(11-15-26,22(28)24-3)16-19-6-4-5-7-20(19)18-8-12-25-13-9-18/h4-9,12-13,17H,10-11,14-16H2,1-3H3,(H,24,28). The fourth-order valence-electron chi connectivity index (χ4n) is 4.12. The van der Waals surface area contributed by atoms with Gasteiger partial charge in [0.25, 0.3) is 0 Å². The molecule has 28 heavy (non-hydrogen) atoms. The van der Waals surface area contributed by atoms with Crippen LogP contribution in [0, 0.1) is 11.3 Å². The Morgan fingerprint density at radius 3 is 2.36 bits per heavy atom. The van der Waals surface area contributed by atoms with Crippen LogP contribution in [-0.4, -0.2) is 41.8 Å². The van der Waals surface area contributed by atoms with E-state index >= 15 is 0 Å². The predicted octanol–water partition coefficient (Wildman–Crippen LogP) is 3.30. The minimum absolute atomic E-state index is 0.0140. The number of nitrogens with zero attached hydrogens (tertiary/aromatic N) is 2. The summed E-state index contributed by atoms with van der Waals surface area (Å²) >= 11 is 0. The zero-order valence-corrected chi connectivity index (χ0v) is 16.9. The molecule has 1 saturated heterocycles. The number of rotatable bonds is 5. The summed E-state index contributed by atoms with van der Waals surface area (Å²) in [5, 5.41) is 2.87. The second-order valence-corrected chi connectivity index (χ2v) is 7.91. The first-order valence-corrected chi connectivity index (χ1v) is 9.96. The summed E-state index contributed by atoms with van der Waals surface area (Å²) in [7, 11) is 1.70. The van der Waals surface area contributed by atoms with Gasteiger partial charge in [-0.15, -0.1) is 0 Å². The zero-order chi connectivity index (χ0) is 20.1. The molecule has 1 fully saturated rings. The lowest BCUT2D eigenvalue weighted by Crippen LogP contribution is -2.51. The van der Waals surface area contributed by atoms with Crippen molar-refractivity contribution in [1.82, 2.24) is 15.2 Å². The summed E-state index contributed by atoms with van der Waals surface area (Å²) in [5.41, 5.74) is 2.89. The number of hydrogen-bond acceptors (Lipinski definition) is 3. The Bertz CT molecular complexity index is 825. The molecule has 2 heterocycles. The second kappa shape index (κ2) is 8.55. The summed E-state index contributed by atoms with van der Waals surface area (Å²) in [6.07, 6.45) is 5.59. The highest BCUT2D eigenvalue weighted by molar-refractivity contribution is 5.84. The Morgan fingerprint density at radius 2 is 1.75 bits per heavy atom. The van der Waals surface area contributed by atoms with Gasteiger partial charge in [0.1, 0.15) is 0 Å². The van der Waals surface area contributed by atoms with Crippen LogP contribution in [0.4, 0.5) is 0 Å². The molecule has 1 aromatic heterocycles. The van der Waals surface area contributed by atoms with Crippen molar-refractivity contribution >= 4 is 11.8 Å². The van der Waals surface area contributed by atoms with Crippen LogP contribution in [0.15, 0.2) is 48.8 Å². The maximum Gasteiger partial charge on any atom is 0.226 e. The van der Waals surface area contributed by atoms with E-state index in [0.717, 1.165) is 16.7 Å². The number of hydrogen-bond donors (Lipinski definition) is 1. The Balaban J connectivity index is 1.88. The van der Waals surface area contributed by atoms with Gasteiger partial charge >= 0.3 is 0 Å². The van der Waals surface area contributed by atoms with Gasteiger partial charge in [0.05, 0.1) is 5.41 Å². The number of amides is 2. The van der Waals surface area contributed by atoms with Gasteiger partial charge in [0.2, 0.25) is 11.8 Å². The van der Waals surface area contributed by atoms with Crippen molar-refractivity contribution in [2.45, 2.75) is 33.1 Å². The van der Waals surface area contributed by atoms with Crippen molar-refractivity contribution in [1.29, 1.82) is 0 Å². The maximum atomic E-state index is 12.9. The Morgan fingerprint density at radius 1 is 1.11 bits per heavy atom. The van der Waals surface area contributed by atoms with Crippen molar-refractivity contribution in [3.05, 3.63) is 54.4 Å². The molecule has 5 nitrogen and oxygen atoms in total. The van der Waals surface area contributed by atoms with Gasteiger partial charge in [-0.25, -0.2) is 0 Å². The van der Waals surface area contributed by atoms with E-state index in [2.05, 4.69) is 22.4 Å². The number of benzene rings is 1. The highest BCUT2D eigenvalue weighted by Gasteiger charge is 2.42. The first-order chi connectivity index (χ1) is 13.5. The van der Waals surface area contributed by atoms with E-state index < -0.39 is 5.41 Å². The van der Waals surface area contributed by atoms with Gasteiger partial charge in [-0.05, 0) is 48.1 Å². The topological polar surface area (TPSA) is 62.3 Å². The lowest BCUT2D eigenvalue weighted by Gasteiger charge is -2.41. The van der Waals surface area contributed by atoms with Gasteiger partial charge < -0.3 is 10.2 Å². The molecule has 5 heteroatoms. The highest BCUT2D eigenvalue weighted by Crippen LogP contribution is 2.38. The molecule has 0 aliphatic carbocycles. The zero-order valence-electron chi connectivity index (χ0n) is 16.9. The minimum atomic E-state index is -0.494. The molecule has 0 atom stereocenters. The van der Waals surface area contributed by atoms with Crippen LogP contribution in [0.5, 0.6) is 0 Å². The molecular formula is C23H29N3O2. The van der Waals surface area contributed by atoms with Crippen LogP contribution in [0.2, 0.25) is 0 Å². The summed E-state index contributed by atoms with van der Waals surface area (Å²) in [6.45, 7) is 5.10. The van der Waals surface area contributed by atoms with Gasteiger partial charge in [-0.3, -0.25) is 14.6 Å². The third-order valence-electron chi connectivity index (χ3n) is 5.77. The molecule has 0 saturated carbocycles. The van der Waals surface area contributed by atoms with E-state index in [1.807, 2.05) is 43.0 Å². The van der Waals surface area contributed by atoms with E-state index in [-0.39, 0.29) is 17.7 Å². The number of carbonyl (C=O) groups excluding carboxylic acids is 2. The molecule has 0 radical (unpaired) electrons. The van der Waals surface area contributed by atoms with Gasteiger partial charge in [-0.2, -0.15) is 0 Å². The number of pyridine rings is 1. The Labute approximate surface area is 167 Å². The lowest BCUT2D eigenvalue weighted by molar-refractivity contribution is -0.142. The first-order valence-electron chi connectivity index (χ1n) is 9.96. The molecule has 148 valence electrons. The minimum Gasteiger partial charge on any atom is -0.359 e. The van der Waals surface area contributed by atoms with Gasteiger partial charge in [0.15, 0.2) is 0 Å². The third-order valence-corrected chi connectivity index (χ3v) is 5.77. The monoisotopic (exact) mass is 379 g/mol. The molecule has 1 aliphatic rings. The van der Waals surface area contributed by atoms with Crippen LogP contribution in [0.25, 0.3) is 11.1 Å². The molecule has 1 aliphatic heterocycles. The summed E-state index contributed by atoms with van der Waals surface area (Å²) < 4.78 is 0. The van der Waals surface area contributed by atoms with Crippen molar-refractivity contribution in [2.75, 3.05) is 20.1 Å². The normalized spacial score (nSPS) is 16.1. The SMILES string of the molecule is CNC(=O)C1(Cc2ccccc2-c2ccncc2)CCN(C(=O)C(C)C)CC1. The van der Waals surface area contributed by atoms with E-state index in [4.69, 9.17) is 0 Å². The average molecular weight is 380 g/mol. The molecule has 1 N–H and O–H groups in total. The number of nitrogens with one attached hydrogen (secondary N) is 1. The largest absolute Gasteiger partial charge is 0.359 e. The molecule has 0 spiro atoms. The van der Waals surface area contributed by atoms with E-state index in [0.29, 0.717) is 32.4 Å². The predicted molar refractivity (Wildman–Crippen MR) is 111 cm³/mol. The maximum absolute atomic E-state index is 12.9. The summed E-state index contributed by atoms with van der Waals surface area (Å²) in [5.74, 6) is 0.219. The third kappa shape index (κ3) is 4.08. The van der Waals surface area contributed by atoms with E-state index in [1.165, 1.54) is 0 Å². The number of aromatic nitrogens is 1. The van der Waals surface area contributed by atoms with Crippen molar-refractivity contribution < 1.29 is 9.59 Å². The smallest absolute Gasteiger partial charge is 0.226 e. The molecule has 1 aromatic carbocycles. The molecule has 0 bridgehead atoms. The number of likely N-dealkylation sites (tertiary alicyclic amines) is 1. The molecule has 2 aromatic rings. The highest BCUT2D eigenvalue weighted by atomic mass is 16.2. The van der Waals surface area contributed by atoms with Gasteiger partial charge in [-0.1, -0.05) is 38.1 Å². The molecule has 0 unspecified atom stereocenters. The fraction of sp³-hybridized carbons (Fsp3) is 0.435. The average Bonchev–Trinajstić information content (AvgIpc) is 2.74. The van der Waals surface area contributed by atoms with Crippen molar-refractivity contribution in [3.63, 3.8) is 0 Å². The van der Waals surface area contributed by atoms with Gasteiger partial charge in [0, 0.05) is 38.4 Å². The Kier molecular flexibility index (Phi) is 6.12. The quantitative estimate of drug-likeness (QED) is 0.867. The second-order valence-electron chi connectivity index (χ2n) is 7.91. The van der Waals surface area contributed by atoms with Crippen LogP contribution in [0.1, 0.15) is 32.3 Å². The van der Waals surface area contributed by atoms with E-state index in [1.54, 1.807) is 19.4 Å². The van der Waals surface area contributed by atoms with Crippen LogP contribution >= 0.6 is 0 Å². The summed E-state index contributed by atoms with van der Waals surface area (Å²) in [6, 6.07) is 12.2. The van der Waals surface area contributed by atoms with Crippen molar-refractivity contribution in [2.24, 2.45) is 11.3 Å². The van der Waals surface area contributed by atoms with Crippen molar-refractivity contribution in [3.8, 4) is 11.1 Å². The molecular weight excluding hydrogens is 350 g/mol. The number of carbonyl (C=O) groups is 2. The Hall–Kier alpha value is -2.69. The van der Waals surface area contributed by atoms with Crippen LogP contribution in [-0.2, 0) is 16.0 Å². The van der Waals surface area contributed by atoms with E-state index in [9.17, 15) is 9.59 Å². The fourth-order valence-corrected chi connectivity index (χ4v) is 4.12. The lowest BCUT2D eigenvalue weighted by atomic mass is 9.72. The molecule has 3 rings (SSSR count). The first kappa shape index (κ1) is 20.1. The number of piperidine rings is 1. The van der Waals surface area contributed by atoms with Crippen LogP contribution in [0.3, 0.4) is 0 Å². The van der Waals surface area contributed by atoms with Crippen LogP contribution < -0.4 is 5.32 Å².